The minimum Gasteiger partial charge on any atom is -0.332 e. The Kier molecular flexibility index (Phi) is 4.78. The SMILES string of the molecule is CC(CCN(C)C)n1cncc1C1CCNCC1. The largest absolute Gasteiger partial charge is 0.332 e. The van der Waals surface area contributed by atoms with Gasteiger partial charge in [0.15, 0.2) is 0 Å². The molecule has 18 heavy (non-hydrogen) atoms. The minimum absolute atomic E-state index is 0.541. The Morgan fingerprint density at radius 1 is 1.44 bits per heavy atom. The van der Waals surface area contributed by atoms with Crippen LogP contribution in [-0.4, -0.2) is 48.2 Å². The van der Waals surface area contributed by atoms with Gasteiger partial charge in [-0.05, 0) is 59.9 Å². The molecule has 4 heteroatoms. The van der Waals surface area contributed by atoms with E-state index in [0.717, 1.165) is 19.6 Å². The lowest BCUT2D eigenvalue weighted by Gasteiger charge is -2.26. The van der Waals surface area contributed by atoms with Crippen LogP contribution in [0.15, 0.2) is 12.5 Å². The van der Waals surface area contributed by atoms with Crippen molar-refractivity contribution in [3.63, 3.8) is 0 Å². The zero-order valence-corrected chi connectivity index (χ0v) is 11.9. The molecule has 1 N–H and O–H groups in total. The Bertz CT molecular complexity index is 352. The van der Waals surface area contributed by atoms with Crippen LogP contribution in [0.25, 0.3) is 0 Å². The molecule has 4 nitrogen and oxygen atoms in total. The molecule has 1 aromatic heterocycles. The van der Waals surface area contributed by atoms with Gasteiger partial charge in [0, 0.05) is 23.9 Å². The lowest BCUT2D eigenvalue weighted by atomic mass is 9.94. The Labute approximate surface area is 110 Å². The number of nitrogens with zero attached hydrogens (tertiary/aromatic N) is 3. The summed E-state index contributed by atoms with van der Waals surface area (Å²) >= 11 is 0. The molecular weight excluding hydrogens is 224 g/mol. The van der Waals surface area contributed by atoms with E-state index < -0.39 is 0 Å². The molecule has 0 saturated carbocycles. The maximum atomic E-state index is 4.37. The lowest BCUT2D eigenvalue weighted by Crippen LogP contribution is -2.28. The lowest BCUT2D eigenvalue weighted by molar-refractivity contribution is 0.347. The number of rotatable bonds is 5. The summed E-state index contributed by atoms with van der Waals surface area (Å²) in [5.74, 6) is 0.690. The molecule has 0 aromatic carbocycles. The van der Waals surface area contributed by atoms with Crippen molar-refractivity contribution >= 4 is 0 Å². The summed E-state index contributed by atoms with van der Waals surface area (Å²) in [5, 5.41) is 3.43. The topological polar surface area (TPSA) is 33.1 Å². The van der Waals surface area contributed by atoms with Crippen LogP contribution in [-0.2, 0) is 0 Å². The van der Waals surface area contributed by atoms with Crippen LogP contribution in [0, 0.1) is 0 Å². The summed E-state index contributed by atoms with van der Waals surface area (Å²) in [4.78, 5) is 6.62. The van der Waals surface area contributed by atoms with Crippen molar-refractivity contribution in [3.05, 3.63) is 18.2 Å². The molecule has 1 fully saturated rings. The zero-order chi connectivity index (χ0) is 13.0. The highest BCUT2D eigenvalue weighted by molar-refractivity contribution is 5.09. The summed E-state index contributed by atoms with van der Waals surface area (Å²) in [7, 11) is 4.27. The van der Waals surface area contributed by atoms with E-state index in [-0.39, 0.29) is 0 Å². The Morgan fingerprint density at radius 2 is 2.17 bits per heavy atom. The first-order valence-electron chi connectivity index (χ1n) is 7.05. The van der Waals surface area contributed by atoms with Gasteiger partial charge in [0.25, 0.3) is 0 Å². The van der Waals surface area contributed by atoms with E-state index in [1.54, 1.807) is 0 Å². The molecule has 1 aromatic rings. The van der Waals surface area contributed by atoms with Gasteiger partial charge >= 0.3 is 0 Å². The minimum atomic E-state index is 0.541. The first-order valence-corrected chi connectivity index (χ1v) is 7.05. The van der Waals surface area contributed by atoms with Crippen molar-refractivity contribution in [2.24, 2.45) is 0 Å². The highest BCUT2D eigenvalue weighted by Gasteiger charge is 2.20. The normalized spacial score (nSPS) is 19.3. The predicted molar refractivity (Wildman–Crippen MR) is 75.0 cm³/mol. The van der Waals surface area contributed by atoms with E-state index in [1.807, 2.05) is 6.33 Å². The van der Waals surface area contributed by atoms with Gasteiger partial charge in [-0.15, -0.1) is 0 Å². The van der Waals surface area contributed by atoms with Crippen molar-refractivity contribution in [1.82, 2.24) is 19.8 Å². The molecule has 102 valence electrons. The Hall–Kier alpha value is -0.870. The zero-order valence-electron chi connectivity index (χ0n) is 11.9. The Morgan fingerprint density at radius 3 is 2.83 bits per heavy atom. The van der Waals surface area contributed by atoms with E-state index in [0.29, 0.717) is 12.0 Å². The van der Waals surface area contributed by atoms with Gasteiger partial charge in [-0.25, -0.2) is 4.98 Å². The van der Waals surface area contributed by atoms with Crippen LogP contribution >= 0.6 is 0 Å². The van der Waals surface area contributed by atoms with Crippen LogP contribution < -0.4 is 5.32 Å². The van der Waals surface area contributed by atoms with E-state index >= 15 is 0 Å². The average Bonchev–Trinajstić information content (AvgIpc) is 2.86. The summed E-state index contributed by atoms with van der Waals surface area (Å²) in [6.45, 7) is 5.71. The summed E-state index contributed by atoms with van der Waals surface area (Å²) < 4.78 is 2.39. The Balaban J connectivity index is 2.01. The monoisotopic (exact) mass is 250 g/mol. The van der Waals surface area contributed by atoms with Gasteiger partial charge in [-0.1, -0.05) is 0 Å². The van der Waals surface area contributed by atoms with Crippen molar-refractivity contribution in [1.29, 1.82) is 0 Å². The molecule has 0 bridgehead atoms. The first-order chi connectivity index (χ1) is 8.68. The van der Waals surface area contributed by atoms with Crippen molar-refractivity contribution in [2.75, 3.05) is 33.7 Å². The van der Waals surface area contributed by atoms with Crippen LogP contribution in [0.3, 0.4) is 0 Å². The molecule has 1 aliphatic heterocycles. The fourth-order valence-corrected chi connectivity index (χ4v) is 2.70. The maximum absolute atomic E-state index is 4.37. The van der Waals surface area contributed by atoms with Gasteiger partial charge < -0.3 is 14.8 Å². The standard InChI is InChI=1S/C14H26N4/c1-12(6-9-17(2)3)18-11-16-10-14(18)13-4-7-15-8-5-13/h10-13,15H,4-9H2,1-3H3. The molecule has 0 aliphatic carbocycles. The molecule has 1 atom stereocenters. The van der Waals surface area contributed by atoms with Crippen LogP contribution in [0.4, 0.5) is 0 Å². The summed E-state index contributed by atoms with van der Waals surface area (Å²) in [6.07, 6.45) is 7.75. The van der Waals surface area contributed by atoms with Crippen LogP contribution in [0.5, 0.6) is 0 Å². The smallest absolute Gasteiger partial charge is 0.0950 e. The molecule has 1 saturated heterocycles. The van der Waals surface area contributed by atoms with Crippen LogP contribution in [0.1, 0.15) is 43.8 Å². The second-order valence-electron chi connectivity index (χ2n) is 5.69. The molecule has 0 spiro atoms. The molecule has 1 unspecified atom stereocenters. The van der Waals surface area contributed by atoms with Gasteiger partial charge in [-0.3, -0.25) is 0 Å². The first kappa shape index (κ1) is 13.6. The average molecular weight is 250 g/mol. The van der Waals surface area contributed by atoms with E-state index in [9.17, 15) is 0 Å². The fraction of sp³-hybridized carbons (Fsp3) is 0.786. The highest BCUT2D eigenvalue weighted by Crippen LogP contribution is 2.27. The summed E-state index contributed by atoms with van der Waals surface area (Å²) in [6, 6.07) is 0.541. The molecular formula is C14H26N4. The van der Waals surface area contributed by atoms with E-state index in [4.69, 9.17) is 0 Å². The van der Waals surface area contributed by atoms with Crippen LogP contribution in [0.2, 0.25) is 0 Å². The number of aromatic nitrogens is 2. The highest BCUT2D eigenvalue weighted by atomic mass is 15.1. The van der Waals surface area contributed by atoms with Gasteiger partial charge in [0.2, 0.25) is 0 Å². The second kappa shape index (κ2) is 6.34. The third kappa shape index (κ3) is 3.33. The molecule has 2 heterocycles. The van der Waals surface area contributed by atoms with Gasteiger partial charge in [0.1, 0.15) is 0 Å². The van der Waals surface area contributed by atoms with Gasteiger partial charge in [0.05, 0.1) is 6.33 Å². The van der Waals surface area contributed by atoms with Crippen molar-refractivity contribution < 1.29 is 0 Å². The number of nitrogens with one attached hydrogen (secondary N) is 1. The number of imidazole rings is 1. The molecule has 0 radical (unpaired) electrons. The van der Waals surface area contributed by atoms with E-state index in [2.05, 4.69) is 47.0 Å². The van der Waals surface area contributed by atoms with Crippen molar-refractivity contribution in [2.45, 2.75) is 38.1 Å². The third-order valence-electron chi connectivity index (χ3n) is 3.92. The molecule has 2 rings (SSSR count). The quantitative estimate of drug-likeness (QED) is 0.866. The summed E-state index contributed by atoms with van der Waals surface area (Å²) in [5.41, 5.74) is 1.43. The molecule has 1 aliphatic rings. The number of piperidine rings is 1. The fourth-order valence-electron chi connectivity index (χ4n) is 2.70. The number of hydrogen-bond acceptors (Lipinski definition) is 3. The van der Waals surface area contributed by atoms with E-state index in [1.165, 1.54) is 25.0 Å². The number of hydrogen-bond donors (Lipinski definition) is 1. The molecule has 0 amide bonds. The third-order valence-corrected chi connectivity index (χ3v) is 3.92. The maximum Gasteiger partial charge on any atom is 0.0950 e. The van der Waals surface area contributed by atoms with Gasteiger partial charge in [-0.2, -0.15) is 0 Å². The second-order valence-corrected chi connectivity index (χ2v) is 5.69. The predicted octanol–water partition coefficient (Wildman–Crippen LogP) is 1.86. The van der Waals surface area contributed by atoms with Crippen molar-refractivity contribution in [3.8, 4) is 0 Å².